The predicted molar refractivity (Wildman–Crippen MR) is 117 cm³/mol. The van der Waals surface area contributed by atoms with Gasteiger partial charge in [0.05, 0.1) is 10.1 Å². The summed E-state index contributed by atoms with van der Waals surface area (Å²) in [6, 6.07) is 18.0. The molecule has 0 heterocycles. The van der Waals surface area contributed by atoms with Crippen molar-refractivity contribution in [2.45, 2.75) is 72.1 Å². The normalized spacial score (nSPS) is 12.3. The standard InChI is InChI=1S/C20H26I.C4H10O3S/c1-19(2,3)15-11-7-9-13-17(15)21-18-14-10-8-12-16(18)20(4,5)6;1-2-3-4-8(5,6)7/h7-14H,1-6H3;2-4H2,1H3,(H,5,6,7)/q+1;/p-1. The van der Waals surface area contributed by atoms with Crippen molar-refractivity contribution in [3.8, 4) is 0 Å². The van der Waals surface area contributed by atoms with Gasteiger partial charge in [-0.25, -0.2) is 8.42 Å². The van der Waals surface area contributed by atoms with Crippen molar-refractivity contribution in [2.24, 2.45) is 0 Å². The van der Waals surface area contributed by atoms with Gasteiger partial charge in [-0.15, -0.1) is 0 Å². The molecular weight excluding hydrogens is 495 g/mol. The molecule has 29 heavy (non-hydrogen) atoms. The second-order valence-corrected chi connectivity index (χ2v) is 13.6. The minimum absolute atomic E-state index is 0.147. The zero-order valence-electron chi connectivity index (χ0n) is 18.8. The average Bonchev–Trinajstić information content (AvgIpc) is 2.59. The zero-order chi connectivity index (χ0) is 22.3. The number of hydrogen-bond acceptors (Lipinski definition) is 3. The third kappa shape index (κ3) is 9.62. The highest BCUT2D eigenvalue weighted by Crippen LogP contribution is 2.23. The Labute approximate surface area is 188 Å². The van der Waals surface area contributed by atoms with Gasteiger partial charge >= 0.3 is 21.2 Å². The van der Waals surface area contributed by atoms with Crippen molar-refractivity contribution in [3.63, 3.8) is 0 Å². The van der Waals surface area contributed by atoms with Crippen LogP contribution in [0.5, 0.6) is 0 Å². The fraction of sp³-hybridized carbons (Fsp3) is 0.500. The Bertz CT molecular complexity index is 820. The lowest BCUT2D eigenvalue weighted by atomic mass is 9.87. The number of unbranched alkanes of at least 4 members (excludes halogenated alkanes) is 1. The number of benzene rings is 2. The topological polar surface area (TPSA) is 57.2 Å². The van der Waals surface area contributed by atoms with Gasteiger partial charge in [0.25, 0.3) is 0 Å². The molecule has 0 bridgehead atoms. The molecule has 0 amide bonds. The van der Waals surface area contributed by atoms with Crippen LogP contribution in [0.1, 0.15) is 72.4 Å². The molecule has 0 aliphatic carbocycles. The highest BCUT2D eigenvalue weighted by Gasteiger charge is 2.30. The predicted octanol–water partition coefficient (Wildman–Crippen LogP) is 2.74. The molecule has 5 heteroatoms. The van der Waals surface area contributed by atoms with Gasteiger partial charge < -0.3 is 4.55 Å². The van der Waals surface area contributed by atoms with Gasteiger partial charge in [-0.1, -0.05) is 91.3 Å². The first-order valence-electron chi connectivity index (χ1n) is 10.0. The summed E-state index contributed by atoms with van der Waals surface area (Å²) in [5, 5.41) is 0. The van der Waals surface area contributed by atoms with Crippen LogP contribution < -0.4 is 21.2 Å². The fourth-order valence-corrected chi connectivity index (χ4v) is 7.34. The number of halogens is 1. The van der Waals surface area contributed by atoms with Gasteiger partial charge in [-0.05, 0) is 29.4 Å². The van der Waals surface area contributed by atoms with Crippen molar-refractivity contribution in [3.05, 3.63) is 66.8 Å². The molecule has 0 unspecified atom stereocenters. The molecule has 0 atom stereocenters. The fourth-order valence-electron chi connectivity index (χ4n) is 2.73. The van der Waals surface area contributed by atoms with Gasteiger partial charge in [0.1, 0.15) is 0 Å². The minimum atomic E-state index is -3.94. The summed E-state index contributed by atoms with van der Waals surface area (Å²) in [4.78, 5) is 0. The SMILES string of the molecule is CC(C)(C)c1ccccc1[I+]c1ccccc1C(C)(C)C.CCCCS(=O)(=O)[O-]. The monoisotopic (exact) mass is 530 g/mol. The van der Waals surface area contributed by atoms with E-state index in [9.17, 15) is 13.0 Å². The maximum Gasteiger partial charge on any atom is 0.358 e. The van der Waals surface area contributed by atoms with E-state index in [1.807, 2.05) is 6.92 Å². The molecule has 162 valence electrons. The summed E-state index contributed by atoms with van der Waals surface area (Å²) in [6.45, 7) is 15.7. The second-order valence-electron chi connectivity index (χ2n) is 9.17. The van der Waals surface area contributed by atoms with E-state index in [2.05, 4.69) is 90.1 Å². The zero-order valence-corrected chi connectivity index (χ0v) is 21.7. The highest BCUT2D eigenvalue weighted by atomic mass is 127. The van der Waals surface area contributed by atoms with Crippen LogP contribution in [-0.4, -0.2) is 18.7 Å². The van der Waals surface area contributed by atoms with Crippen molar-refractivity contribution in [1.82, 2.24) is 0 Å². The summed E-state index contributed by atoms with van der Waals surface area (Å²) in [5.74, 6) is -0.219. The molecule has 3 nitrogen and oxygen atoms in total. The third-order valence-corrected chi connectivity index (χ3v) is 8.15. The third-order valence-electron chi connectivity index (χ3n) is 4.32. The Kier molecular flexibility index (Phi) is 9.83. The summed E-state index contributed by atoms with van der Waals surface area (Å²) >= 11 is -0.147. The molecule has 0 aliphatic heterocycles. The van der Waals surface area contributed by atoms with Crippen LogP contribution in [0.15, 0.2) is 48.5 Å². The molecule has 2 aromatic rings. The molecule has 0 radical (unpaired) electrons. The Morgan fingerprint density at radius 3 is 1.45 bits per heavy atom. The summed E-state index contributed by atoms with van der Waals surface area (Å²) in [7, 11) is -3.94. The summed E-state index contributed by atoms with van der Waals surface area (Å²) in [6.07, 6.45) is 1.23. The first-order valence-corrected chi connectivity index (χ1v) is 13.8. The van der Waals surface area contributed by atoms with Crippen LogP contribution in [-0.2, 0) is 20.9 Å². The highest BCUT2D eigenvalue weighted by molar-refractivity contribution is 7.85. The van der Waals surface area contributed by atoms with Crippen molar-refractivity contribution in [1.29, 1.82) is 0 Å². The van der Waals surface area contributed by atoms with E-state index in [1.54, 1.807) is 7.14 Å². The van der Waals surface area contributed by atoms with Gasteiger partial charge in [0, 0.05) is 16.9 Å². The van der Waals surface area contributed by atoms with Crippen molar-refractivity contribution >= 4 is 10.1 Å². The molecule has 0 saturated heterocycles. The van der Waals surface area contributed by atoms with E-state index in [1.165, 1.54) is 11.1 Å². The van der Waals surface area contributed by atoms with E-state index >= 15 is 0 Å². The molecule has 0 fully saturated rings. The van der Waals surface area contributed by atoms with Crippen LogP contribution >= 0.6 is 0 Å². The van der Waals surface area contributed by atoms with Gasteiger partial charge in [-0.2, -0.15) is 0 Å². The van der Waals surface area contributed by atoms with E-state index in [4.69, 9.17) is 0 Å². The molecule has 0 aliphatic rings. The lowest BCUT2D eigenvalue weighted by molar-refractivity contribution is -0.599. The van der Waals surface area contributed by atoms with Gasteiger partial charge in [0.15, 0.2) is 7.14 Å². The van der Waals surface area contributed by atoms with Crippen LogP contribution in [0, 0.1) is 7.14 Å². The molecule has 0 spiro atoms. The number of rotatable bonds is 5. The van der Waals surface area contributed by atoms with Crippen LogP contribution in [0.3, 0.4) is 0 Å². The smallest absolute Gasteiger partial charge is 0.358 e. The van der Waals surface area contributed by atoms with Gasteiger partial charge in [-0.3, -0.25) is 0 Å². The second kappa shape index (κ2) is 10.9. The van der Waals surface area contributed by atoms with E-state index in [-0.39, 0.29) is 37.8 Å². The van der Waals surface area contributed by atoms with E-state index in [0.29, 0.717) is 6.42 Å². The maximum absolute atomic E-state index is 9.83. The Morgan fingerprint density at radius 2 is 1.17 bits per heavy atom. The molecule has 2 aromatic carbocycles. The van der Waals surface area contributed by atoms with E-state index < -0.39 is 10.1 Å². The van der Waals surface area contributed by atoms with Gasteiger partial charge in [0.2, 0.25) is 0 Å². The average molecular weight is 531 g/mol. The maximum atomic E-state index is 9.83. The molecule has 0 aromatic heterocycles. The summed E-state index contributed by atoms with van der Waals surface area (Å²) in [5.41, 5.74) is 3.43. The Balaban J connectivity index is 0.000000447. The van der Waals surface area contributed by atoms with Crippen LogP contribution in [0.25, 0.3) is 0 Å². The molecular formula is C24H35IO3S. The lowest BCUT2D eigenvalue weighted by Gasteiger charge is -2.20. The molecule has 2 rings (SSSR count). The lowest BCUT2D eigenvalue weighted by Crippen LogP contribution is -3.62. The largest absolute Gasteiger partial charge is 0.748 e. The Hall–Kier alpha value is -0.920. The van der Waals surface area contributed by atoms with Crippen LogP contribution in [0.2, 0.25) is 0 Å². The van der Waals surface area contributed by atoms with Crippen molar-refractivity contribution in [2.75, 3.05) is 5.75 Å². The Morgan fingerprint density at radius 1 is 0.793 bits per heavy atom. The molecule has 0 N–H and O–H groups in total. The van der Waals surface area contributed by atoms with E-state index in [0.717, 1.165) is 6.42 Å². The van der Waals surface area contributed by atoms with Crippen LogP contribution in [0.4, 0.5) is 0 Å². The summed E-state index contributed by atoms with van der Waals surface area (Å²) < 4.78 is 32.6. The van der Waals surface area contributed by atoms with Crippen molar-refractivity contribution < 1.29 is 34.2 Å². The molecule has 0 saturated carbocycles. The first-order chi connectivity index (χ1) is 13.3. The first kappa shape index (κ1) is 26.1. The minimum Gasteiger partial charge on any atom is -0.748 e. The number of hydrogen-bond donors (Lipinski definition) is 0. The quantitative estimate of drug-likeness (QED) is 0.442.